The number of aromatic carboxylic acids is 1. The molecule has 0 fully saturated rings. The van der Waals surface area contributed by atoms with Crippen LogP contribution in [0.15, 0.2) is 42.6 Å². The third-order valence-electron chi connectivity index (χ3n) is 2.62. The lowest BCUT2D eigenvalue weighted by molar-refractivity contribution is 0.0600. The molecule has 0 aliphatic rings. The van der Waals surface area contributed by atoms with E-state index in [1.807, 2.05) is 0 Å². The van der Waals surface area contributed by atoms with Gasteiger partial charge >= 0.3 is 11.9 Å². The number of hydrogen-bond acceptors (Lipinski definition) is 4. The molecule has 5 heteroatoms. The van der Waals surface area contributed by atoms with Crippen molar-refractivity contribution in [1.82, 2.24) is 4.98 Å². The molecule has 96 valence electrons. The summed E-state index contributed by atoms with van der Waals surface area (Å²) in [7, 11) is 1.32. The minimum Gasteiger partial charge on any atom is -0.477 e. The zero-order valence-corrected chi connectivity index (χ0v) is 10.2. The monoisotopic (exact) mass is 257 g/mol. The molecule has 0 atom stereocenters. The third-order valence-corrected chi connectivity index (χ3v) is 2.62. The molecular weight excluding hydrogens is 246 g/mol. The van der Waals surface area contributed by atoms with Crippen molar-refractivity contribution in [2.75, 3.05) is 7.11 Å². The molecule has 0 spiro atoms. The van der Waals surface area contributed by atoms with Crippen molar-refractivity contribution in [3.05, 3.63) is 53.9 Å². The van der Waals surface area contributed by atoms with Crippen LogP contribution in [0.5, 0.6) is 0 Å². The van der Waals surface area contributed by atoms with Crippen LogP contribution in [0.1, 0.15) is 20.8 Å². The molecule has 5 nitrogen and oxygen atoms in total. The molecule has 0 radical (unpaired) electrons. The molecule has 1 aromatic carbocycles. The molecule has 1 heterocycles. The molecule has 1 aromatic heterocycles. The average molecular weight is 257 g/mol. The molecule has 0 saturated carbocycles. The highest BCUT2D eigenvalue weighted by Gasteiger charge is 2.08. The Balaban J connectivity index is 2.34. The molecule has 0 aliphatic heterocycles. The lowest BCUT2D eigenvalue weighted by Crippen LogP contribution is -2.01. The van der Waals surface area contributed by atoms with Crippen LogP contribution in [0.3, 0.4) is 0 Å². The van der Waals surface area contributed by atoms with Gasteiger partial charge in [-0.05, 0) is 35.4 Å². The van der Waals surface area contributed by atoms with Crippen LogP contribution < -0.4 is 0 Å². The van der Waals surface area contributed by atoms with E-state index in [4.69, 9.17) is 5.11 Å². The van der Waals surface area contributed by atoms with Crippen LogP contribution >= 0.6 is 0 Å². The van der Waals surface area contributed by atoms with E-state index in [2.05, 4.69) is 9.72 Å². The van der Waals surface area contributed by atoms with E-state index >= 15 is 0 Å². The summed E-state index contributed by atoms with van der Waals surface area (Å²) in [5.74, 6) is -1.49. The second-order valence-electron chi connectivity index (χ2n) is 3.80. The van der Waals surface area contributed by atoms with Crippen LogP contribution in [-0.4, -0.2) is 29.1 Å². The predicted molar refractivity (Wildman–Crippen MR) is 68.0 cm³/mol. The first-order chi connectivity index (χ1) is 9.11. The van der Waals surface area contributed by atoms with Crippen LogP contribution in [-0.2, 0) is 4.74 Å². The first-order valence-corrected chi connectivity index (χ1v) is 5.50. The smallest absolute Gasteiger partial charge is 0.354 e. The molecule has 0 amide bonds. The maximum atomic E-state index is 11.3. The first kappa shape index (κ1) is 12.8. The number of esters is 1. The summed E-state index contributed by atoms with van der Waals surface area (Å²) < 4.78 is 4.61. The maximum absolute atomic E-state index is 11.3. The number of carboxylic acids is 1. The van der Waals surface area contributed by atoms with Gasteiger partial charge in [0, 0.05) is 6.20 Å². The van der Waals surface area contributed by atoms with Crippen molar-refractivity contribution < 1.29 is 19.4 Å². The Kier molecular flexibility index (Phi) is 3.56. The van der Waals surface area contributed by atoms with Crippen molar-refractivity contribution in [2.24, 2.45) is 0 Å². The van der Waals surface area contributed by atoms with E-state index in [-0.39, 0.29) is 5.69 Å². The Morgan fingerprint density at radius 3 is 2.37 bits per heavy atom. The fourth-order valence-corrected chi connectivity index (χ4v) is 1.64. The van der Waals surface area contributed by atoms with E-state index < -0.39 is 11.9 Å². The molecule has 1 N–H and O–H groups in total. The summed E-state index contributed by atoms with van der Waals surface area (Å²) in [6.07, 6.45) is 1.44. The molecular formula is C14H11NO4. The van der Waals surface area contributed by atoms with Crippen molar-refractivity contribution in [1.29, 1.82) is 0 Å². The Morgan fingerprint density at radius 1 is 1.11 bits per heavy atom. The fraction of sp³-hybridized carbons (Fsp3) is 0.0714. The SMILES string of the molecule is COC(=O)c1ccc(-c2ccnc(C(=O)O)c2)cc1. The van der Waals surface area contributed by atoms with Crippen LogP contribution in [0, 0.1) is 0 Å². The molecule has 0 aliphatic carbocycles. The molecule has 0 saturated heterocycles. The molecule has 0 unspecified atom stereocenters. The number of nitrogens with zero attached hydrogens (tertiary/aromatic N) is 1. The van der Waals surface area contributed by atoms with E-state index in [9.17, 15) is 9.59 Å². The fourth-order valence-electron chi connectivity index (χ4n) is 1.64. The van der Waals surface area contributed by atoms with Gasteiger partial charge in [-0.1, -0.05) is 12.1 Å². The minimum absolute atomic E-state index is 0.0189. The van der Waals surface area contributed by atoms with Crippen LogP contribution in [0.2, 0.25) is 0 Å². The summed E-state index contributed by atoms with van der Waals surface area (Å²) in [5, 5.41) is 8.88. The maximum Gasteiger partial charge on any atom is 0.354 e. The van der Waals surface area contributed by atoms with Crippen molar-refractivity contribution in [2.45, 2.75) is 0 Å². The Labute approximate surface area is 109 Å². The standard InChI is InChI=1S/C14H11NO4/c1-19-14(18)10-4-2-9(3-5-10)11-6-7-15-12(8-11)13(16)17/h2-8H,1H3,(H,16,17). The second-order valence-corrected chi connectivity index (χ2v) is 3.80. The highest BCUT2D eigenvalue weighted by Crippen LogP contribution is 2.20. The van der Waals surface area contributed by atoms with Gasteiger partial charge < -0.3 is 9.84 Å². The number of carbonyl (C=O) groups is 2. The second kappa shape index (κ2) is 5.30. The number of hydrogen-bond donors (Lipinski definition) is 1. The van der Waals surface area contributed by atoms with E-state index in [0.29, 0.717) is 5.56 Å². The summed E-state index contributed by atoms with van der Waals surface area (Å²) in [5.41, 5.74) is 1.95. The van der Waals surface area contributed by atoms with E-state index in [0.717, 1.165) is 11.1 Å². The van der Waals surface area contributed by atoms with E-state index in [1.165, 1.54) is 19.4 Å². The van der Waals surface area contributed by atoms with Crippen molar-refractivity contribution in [3.8, 4) is 11.1 Å². The highest BCUT2D eigenvalue weighted by atomic mass is 16.5. The van der Waals surface area contributed by atoms with Crippen molar-refractivity contribution >= 4 is 11.9 Å². The average Bonchev–Trinajstić information content (AvgIpc) is 2.46. The zero-order valence-electron chi connectivity index (χ0n) is 10.2. The number of benzene rings is 1. The Morgan fingerprint density at radius 2 is 1.79 bits per heavy atom. The number of ether oxygens (including phenoxy) is 1. The summed E-state index contributed by atoms with van der Waals surface area (Å²) >= 11 is 0. The lowest BCUT2D eigenvalue weighted by atomic mass is 10.0. The number of carboxylic acid groups (broad SMARTS) is 1. The third kappa shape index (κ3) is 2.77. The molecule has 2 aromatic rings. The van der Waals surface area contributed by atoms with Gasteiger partial charge in [0.25, 0.3) is 0 Å². The Hall–Kier alpha value is -2.69. The Bertz CT molecular complexity index is 620. The zero-order chi connectivity index (χ0) is 13.8. The largest absolute Gasteiger partial charge is 0.477 e. The van der Waals surface area contributed by atoms with Gasteiger partial charge in [-0.3, -0.25) is 0 Å². The van der Waals surface area contributed by atoms with Gasteiger partial charge in [-0.2, -0.15) is 0 Å². The summed E-state index contributed by atoms with van der Waals surface area (Å²) in [6.45, 7) is 0. The van der Waals surface area contributed by atoms with Gasteiger partial charge in [0.05, 0.1) is 12.7 Å². The van der Waals surface area contributed by atoms with Gasteiger partial charge in [-0.15, -0.1) is 0 Å². The summed E-state index contributed by atoms with van der Waals surface area (Å²) in [4.78, 5) is 25.9. The number of carbonyl (C=O) groups excluding carboxylic acids is 1. The van der Waals surface area contributed by atoms with E-state index in [1.54, 1.807) is 30.3 Å². The molecule has 0 bridgehead atoms. The lowest BCUT2D eigenvalue weighted by Gasteiger charge is -2.04. The van der Waals surface area contributed by atoms with Crippen LogP contribution in [0.4, 0.5) is 0 Å². The van der Waals surface area contributed by atoms with Crippen molar-refractivity contribution in [3.63, 3.8) is 0 Å². The number of pyridine rings is 1. The topological polar surface area (TPSA) is 76.5 Å². The number of rotatable bonds is 3. The highest BCUT2D eigenvalue weighted by molar-refractivity contribution is 5.90. The molecule has 2 rings (SSSR count). The first-order valence-electron chi connectivity index (χ1n) is 5.50. The van der Waals surface area contributed by atoms with Gasteiger partial charge in [0.15, 0.2) is 0 Å². The number of methoxy groups -OCH3 is 1. The molecule has 19 heavy (non-hydrogen) atoms. The van der Waals surface area contributed by atoms with Gasteiger partial charge in [-0.25, -0.2) is 14.6 Å². The summed E-state index contributed by atoms with van der Waals surface area (Å²) in [6, 6.07) is 9.90. The van der Waals surface area contributed by atoms with Gasteiger partial charge in [0.2, 0.25) is 0 Å². The normalized spacial score (nSPS) is 9.95. The number of aromatic nitrogens is 1. The van der Waals surface area contributed by atoms with Gasteiger partial charge in [0.1, 0.15) is 5.69 Å². The quantitative estimate of drug-likeness (QED) is 0.853. The van der Waals surface area contributed by atoms with Crippen LogP contribution in [0.25, 0.3) is 11.1 Å². The minimum atomic E-state index is -1.08. The predicted octanol–water partition coefficient (Wildman–Crippen LogP) is 2.23.